The van der Waals surface area contributed by atoms with Crippen LogP contribution >= 0.6 is 15.9 Å². The molecule has 1 heterocycles. The van der Waals surface area contributed by atoms with Gasteiger partial charge in [-0.15, -0.1) is 0 Å². The summed E-state index contributed by atoms with van der Waals surface area (Å²) in [6.07, 6.45) is 1.37. The normalized spacial score (nSPS) is 10.2. The SMILES string of the molecule is O=C(Cc1ncc(Br)c(=S(=O)=O)[nH]1)c1ccccc1. The van der Waals surface area contributed by atoms with Crippen molar-refractivity contribution in [2.24, 2.45) is 0 Å². The van der Waals surface area contributed by atoms with Gasteiger partial charge in [0, 0.05) is 11.8 Å². The summed E-state index contributed by atoms with van der Waals surface area (Å²) in [4.78, 5) is 18.6. The Hall–Kier alpha value is -1.73. The lowest BCUT2D eigenvalue weighted by Crippen LogP contribution is -2.07. The van der Waals surface area contributed by atoms with Crippen molar-refractivity contribution in [1.82, 2.24) is 9.97 Å². The molecule has 1 N–H and O–H groups in total. The predicted molar refractivity (Wildman–Crippen MR) is 72.9 cm³/mol. The largest absolute Gasteiger partial charge is 0.330 e. The second-order valence-electron chi connectivity index (χ2n) is 3.71. The van der Waals surface area contributed by atoms with E-state index in [0.29, 0.717) is 15.9 Å². The zero-order chi connectivity index (χ0) is 13.8. The molecule has 0 bridgehead atoms. The number of halogens is 1. The average molecular weight is 341 g/mol. The van der Waals surface area contributed by atoms with Crippen LogP contribution in [0.4, 0.5) is 0 Å². The molecule has 0 unspecified atom stereocenters. The number of hydrogen-bond donors (Lipinski definition) is 1. The quantitative estimate of drug-likeness (QED) is 0.684. The summed E-state index contributed by atoms with van der Waals surface area (Å²) in [6.45, 7) is 0. The fourth-order valence-electron chi connectivity index (χ4n) is 1.51. The van der Waals surface area contributed by atoms with Gasteiger partial charge in [0.1, 0.15) is 5.82 Å². The van der Waals surface area contributed by atoms with Crippen LogP contribution in [0, 0.1) is 4.64 Å². The lowest BCUT2D eigenvalue weighted by molar-refractivity contribution is 0.0990. The molecule has 0 saturated heterocycles. The van der Waals surface area contributed by atoms with Gasteiger partial charge >= 0.3 is 0 Å². The highest BCUT2D eigenvalue weighted by molar-refractivity contribution is 9.10. The first kappa shape index (κ1) is 13.7. The third-order valence-corrected chi connectivity index (χ3v) is 3.92. The van der Waals surface area contributed by atoms with Crippen molar-refractivity contribution >= 4 is 32.0 Å². The lowest BCUT2D eigenvalue weighted by Gasteiger charge is -2.01. The third-order valence-electron chi connectivity index (χ3n) is 2.40. The summed E-state index contributed by atoms with van der Waals surface area (Å²) in [5.74, 6) is 0.172. The molecule has 7 heteroatoms. The van der Waals surface area contributed by atoms with Crippen LogP contribution in [-0.4, -0.2) is 24.2 Å². The van der Waals surface area contributed by atoms with Gasteiger partial charge in [0.15, 0.2) is 10.4 Å². The minimum absolute atomic E-state index is 0.0154. The van der Waals surface area contributed by atoms with E-state index in [1.54, 1.807) is 24.3 Å². The molecule has 0 aliphatic carbocycles. The molecule has 1 aromatic carbocycles. The van der Waals surface area contributed by atoms with Crippen molar-refractivity contribution in [3.63, 3.8) is 0 Å². The topological polar surface area (TPSA) is 79.9 Å². The minimum Gasteiger partial charge on any atom is -0.330 e. The molecule has 19 heavy (non-hydrogen) atoms. The van der Waals surface area contributed by atoms with Gasteiger partial charge in [-0.3, -0.25) is 4.79 Å². The van der Waals surface area contributed by atoms with Crippen molar-refractivity contribution in [3.8, 4) is 0 Å². The van der Waals surface area contributed by atoms with Gasteiger partial charge in [-0.1, -0.05) is 30.3 Å². The summed E-state index contributed by atoms with van der Waals surface area (Å²) in [7, 11) is -2.41. The van der Waals surface area contributed by atoms with Gasteiger partial charge in [-0.05, 0) is 15.9 Å². The number of H-pyrrole nitrogens is 1. The molecule has 5 nitrogen and oxygen atoms in total. The maximum Gasteiger partial charge on any atom is 0.239 e. The van der Waals surface area contributed by atoms with E-state index in [0.717, 1.165) is 0 Å². The average Bonchev–Trinajstić information content (AvgIpc) is 2.41. The zero-order valence-electron chi connectivity index (χ0n) is 9.63. The predicted octanol–water partition coefficient (Wildman–Crippen LogP) is 2.01. The number of Topliss-reactive ketones (excluding diaryl/α,β-unsaturated/α-hetero) is 1. The van der Waals surface area contributed by atoms with Gasteiger partial charge in [0.05, 0.1) is 10.9 Å². The molecule has 0 atom stereocenters. The Kier molecular flexibility index (Phi) is 4.28. The number of hydrogen-bond acceptors (Lipinski definition) is 4. The van der Waals surface area contributed by atoms with Crippen molar-refractivity contribution in [2.45, 2.75) is 6.42 Å². The molecule has 98 valence electrons. The first-order valence-corrected chi connectivity index (χ1v) is 7.19. The number of nitrogens with one attached hydrogen (secondary N) is 1. The van der Waals surface area contributed by atoms with Gasteiger partial charge in [-0.25, -0.2) is 4.98 Å². The summed E-state index contributed by atoms with van der Waals surface area (Å²) in [5.41, 5.74) is 0.561. The molecule has 0 fully saturated rings. The van der Waals surface area contributed by atoms with Gasteiger partial charge in [0.2, 0.25) is 10.3 Å². The number of rotatable bonds is 3. The number of carbonyl (C=O) groups excluding carboxylic acids is 1. The number of aromatic amines is 1. The first-order valence-electron chi connectivity index (χ1n) is 5.32. The molecule has 0 aliphatic heterocycles. The summed E-state index contributed by atoms with van der Waals surface area (Å²) in [6, 6.07) is 8.76. The second-order valence-corrected chi connectivity index (χ2v) is 5.44. The van der Waals surface area contributed by atoms with Crippen molar-refractivity contribution in [1.29, 1.82) is 0 Å². The smallest absolute Gasteiger partial charge is 0.239 e. The fourth-order valence-corrected chi connectivity index (χ4v) is 2.52. The van der Waals surface area contributed by atoms with Crippen LogP contribution in [0.5, 0.6) is 0 Å². The van der Waals surface area contributed by atoms with Crippen molar-refractivity contribution < 1.29 is 13.2 Å². The Morgan fingerprint density at radius 2 is 1.95 bits per heavy atom. The van der Waals surface area contributed by atoms with Crippen LogP contribution in [0.15, 0.2) is 41.0 Å². The Labute approximate surface area is 119 Å². The maximum absolute atomic E-state index is 12.0. The second kappa shape index (κ2) is 5.94. The monoisotopic (exact) mass is 340 g/mol. The summed E-state index contributed by atoms with van der Waals surface area (Å²) >= 11 is 3.07. The summed E-state index contributed by atoms with van der Waals surface area (Å²) in [5, 5.41) is 0. The zero-order valence-corrected chi connectivity index (χ0v) is 12.0. The van der Waals surface area contributed by atoms with Crippen LogP contribution in [0.1, 0.15) is 16.2 Å². The first-order chi connectivity index (χ1) is 9.08. The number of carbonyl (C=O) groups is 1. The van der Waals surface area contributed by atoms with E-state index < -0.39 is 10.3 Å². The molecule has 0 aliphatic rings. The van der Waals surface area contributed by atoms with Gasteiger partial charge in [0.25, 0.3) is 0 Å². The van der Waals surface area contributed by atoms with E-state index in [-0.39, 0.29) is 16.8 Å². The van der Waals surface area contributed by atoms with E-state index in [9.17, 15) is 13.2 Å². The van der Waals surface area contributed by atoms with E-state index in [4.69, 9.17) is 0 Å². The molecule has 2 rings (SSSR count). The van der Waals surface area contributed by atoms with Crippen LogP contribution < -0.4 is 0 Å². The maximum atomic E-state index is 12.0. The third kappa shape index (κ3) is 3.39. The highest BCUT2D eigenvalue weighted by Gasteiger charge is 2.08. The Morgan fingerprint density at radius 1 is 1.26 bits per heavy atom. The van der Waals surface area contributed by atoms with Gasteiger partial charge in [-0.2, -0.15) is 8.42 Å². The van der Waals surface area contributed by atoms with Gasteiger partial charge < -0.3 is 4.98 Å². The number of nitrogens with zero attached hydrogens (tertiary/aromatic N) is 1. The van der Waals surface area contributed by atoms with Crippen LogP contribution in [0.25, 0.3) is 0 Å². The highest BCUT2D eigenvalue weighted by atomic mass is 79.9. The molecule has 0 spiro atoms. The van der Waals surface area contributed by atoms with Crippen molar-refractivity contribution in [2.75, 3.05) is 0 Å². The molecule has 2 aromatic rings. The molecular weight excluding hydrogens is 332 g/mol. The minimum atomic E-state index is -2.41. The van der Waals surface area contributed by atoms with E-state index in [1.165, 1.54) is 6.20 Å². The molecule has 0 radical (unpaired) electrons. The fraction of sp³-hybridized carbons (Fsp3) is 0.0833. The highest BCUT2D eigenvalue weighted by Crippen LogP contribution is 2.09. The standard InChI is InChI=1S/C12H9BrN2O3S/c13-9-7-14-11(15-12(9)19(17)18)6-10(16)8-4-2-1-3-5-8/h1-5,7H,6H2,(H,14,15). The Balaban J connectivity index is 2.34. The van der Waals surface area contributed by atoms with Crippen LogP contribution in [0.3, 0.4) is 0 Å². The molecule has 1 aromatic heterocycles. The Bertz CT molecular complexity index is 774. The van der Waals surface area contributed by atoms with E-state index >= 15 is 0 Å². The molecule has 0 saturated carbocycles. The van der Waals surface area contributed by atoms with Crippen LogP contribution in [-0.2, 0) is 16.7 Å². The molecular formula is C12H9BrN2O3S. The Morgan fingerprint density at radius 3 is 2.58 bits per heavy atom. The van der Waals surface area contributed by atoms with E-state index in [1.807, 2.05) is 6.07 Å². The number of ketones is 1. The lowest BCUT2D eigenvalue weighted by atomic mass is 10.1. The van der Waals surface area contributed by atoms with E-state index in [2.05, 4.69) is 25.9 Å². The molecule has 0 amide bonds. The number of aromatic nitrogens is 2. The summed E-state index contributed by atoms with van der Waals surface area (Å²) < 4.78 is 22.2. The van der Waals surface area contributed by atoms with Crippen molar-refractivity contribution in [3.05, 3.63) is 57.0 Å². The van der Waals surface area contributed by atoms with Crippen LogP contribution in [0.2, 0.25) is 0 Å². The number of benzene rings is 1.